The summed E-state index contributed by atoms with van der Waals surface area (Å²) in [6.45, 7) is 0.257. The van der Waals surface area contributed by atoms with Crippen LogP contribution in [-0.4, -0.2) is 52.2 Å². The number of amides is 1. The van der Waals surface area contributed by atoms with Crippen molar-refractivity contribution in [2.24, 2.45) is 0 Å². The number of ether oxygens (including phenoxy) is 1. The fourth-order valence-corrected chi connectivity index (χ4v) is 4.27. The van der Waals surface area contributed by atoms with Gasteiger partial charge >= 0.3 is 0 Å². The Hall–Kier alpha value is -4.61. The summed E-state index contributed by atoms with van der Waals surface area (Å²) in [6.07, 6.45) is 11.0. The molecule has 1 fully saturated rings. The first-order chi connectivity index (χ1) is 17.6. The lowest BCUT2D eigenvalue weighted by molar-refractivity contribution is 0.0941. The number of benzene rings is 1. The summed E-state index contributed by atoms with van der Waals surface area (Å²) in [7, 11) is 1.38. The van der Waals surface area contributed by atoms with Crippen molar-refractivity contribution in [2.75, 3.05) is 7.11 Å². The maximum absolute atomic E-state index is 15.1. The zero-order chi connectivity index (χ0) is 24.6. The fourth-order valence-electron chi connectivity index (χ4n) is 4.27. The van der Waals surface area contributed by atoms with Crippen LogP contribution in [0.1, 0.15) is 46.1 Å². The van der Waals surface area contributed by atoms with Gasteiger partial charge in [-0.2, -0.15) is 0 Å². The molecule has 1 amide bonds. The van der Waals surface area contributed by atoms with Gasteiger partial charge in [0.25, 0.3) is 5.91 Å². The van der Waals surface area contributed by atoms with Gasteiger partial charge in [0.2, 0.25) is 0 Å². The molecule has 1 aromatic carbocycles. The molecule has 0 unspecified atom stereocenters. The minimum atomic E-state index is -0.602. The summed E-state index contributed by atoms with van der Waals surface area (Å²) in [5, 5.41) is 13.8. The molecule has 0 radical (unpaired) electrons. The second kappa shape index (κ2) is 8.87. The number of fused-ring (bicyclic) bond motifs is 1. The van der Waals surface area contributed by atoms with E-state index < -0.39 is 11.7 Å². The number of halogens is 1. The van der Waals surface area contributed by atoms with E-state index in [-0.39, 0.29) is 17.9 Å². The first kappa shape index (κ1) is 21.9. The van der Waals surface area contributed by atoms with Gasteiger partial charge in [0.1, 0.15) is 17.7 Å². The number of tetrazole rings is 1. The number of rotatable bonds is 8. The highest BCUT2D eigenvalue weighted by Gasteiger charge is 2.24. The predicted octanol–water partition coefficient (Wildman–Crippen LogP) is 2.51. The summed E-state index contributed by atoms with van der Waals surface area (Å²) in [5.41, 5.74) is 3.88. The van der Waals surface area contributed by atoms with Gasteiger partial charge in [0.05, 0.1) is 37.6 Å². The average Bonchev–Trinajstić information content (AvgIpc) is 3.24. The Bertz CT molecular complexity index is 1550. The van der Waals surface area contributed by atoms with E-state index in [9.17, 15) is 4.79 Å². The lowest BCUT2D eigenvalue weighted by Crippen LogP contribution is -2.27. The molecule has 11 nitrogen and oxygen atoms in total. The van der Waals surface area contributed by atoms with Crippen LogP contribution in [0.5, 0.6) is 5.75 Å². The zero-order valence-corrected chi connectivity index (χ0v) is 19.4. The number of nitrogens with one attached hydrogen (secondary N) is 1. The van der Waals surface area contributed by atoms with E-state index in [0.717, 1.165) is 11.3 Å². The smallest absolute Gasteiger partial charge is 0.269 e. The molecule has 0 aliphatic heterocycles. The second-order valence-electron chi connectivity index (χ2n) is 8.66. The maximum atomic E-state index is 15.1. The average molecular weight is 487 g/mol. The Morgan fingerprint density at radius 2 is 2.08 bits per heavy atom. The lowest BCUT2D eigenvalue weighted by Gasteiger charge is -2.14. The number of aromatic nitrogens is 8. The lowest BCUT2D eigenvalue weighted by atomic mass is 10.1. The van der Waals surface area contributed by atoms with Crippen LogP contribution in [0.3, 0.4) is 0 Å². The van der Waals surface area contributed by atoms with Crippen molar-refractivity contribution >= 4 is 11.6 Å². The molecule has 36 heavy (non-hydrogen) atoms. The molecule has 5 aromatic rings. The number of methoxy groups -OCH3 is 1. The van der Waals surface area contributed by atoms with Crippen molar-refractivity contribution in [2.45, 2.75) is 31.8 Å². The molecule has 1 N–H and O–H groups in total. The van der Waals surface area contributed by atoms with Gasteiger partial charge < -0.3 is 19.0 Å². The third-order valence-electron chi connectivity index (χ3n) is 6.27. The Morgan fingerprint density at radius 1 is 1.19 bits per heavy atom. The van der Waals surface area contributed by atoms with Crippen molar-refractivity contribution in [3.8, 4) is 11.4 Å². The highest BCUT2D eigenvalue weighted by molar-refractivity contribution is 5.92. The van der Waals surface area contributed by atoms with Gasteiger partial charge in [-0.1, -0.05) is 6.07 Å². The van der Waals surface area contributed by atoms with Crippen molar-refractivity contribution in [3.63, 3.8) is 0 Å². The molecule has 6 rings (SSSR count). The van der Waals surface area contributed by atoms with E-state index in [1.165, 1.54) is 48.8 Å². The van der Waals surface area contributed by atoms with Gasteiger partial charge in [0.15, 0.2) is 11.6 Å². The minimum Gasteiger partial charge on any atom is -0.494 e. The van der Waals surface area contributed by atoms with Crippen LogP contribution < -0.4 is 10.1 Å². The zero-order valence-electron chi connectivity index (χ0n) is 19.4. The first-order valence-corrected chi connectivity index (χ1v) is 11.5. The minimum absolute atomic E-state index is 0.0535. The first-order valence-electron chi connectivity index (χ1n) is 11.5. The largest absolute Gasteiger partial charge is 0.494 e. The molecule has 182 valence electrons. The number of carbonyl (C=O) groups excluding carboxylic acids is 1. The molecule has 1 saturated carbocycles. The fraction of sp³-hybridized carbons (Fsp3) is 0.250. The predicted molar refractivity (Wildman–Crippen MR) is 125 cm³/mol. The molecular formula is C24H22FN9O2. The van der Waals surface area contributed by atoms with Crippen LogP contribution in [0, 0.1) is 5.82 Å². The molecule has 12 heteroatoms. The highest BCUT2D eigenvalue weighted by Crippen LogP contribution is 2.39. The van der Waals surface area contributed by atoms with Crippen molar-refractivity contribution in [1.82, 2.24) is 44.5 Å². The Labute approximate surface area is 204 Å². The summed E-state index contributed by atoms with van der Waals surface area (Å²) in [6, 6.07) is 7.25. The molecule has 4 heterocycles. The van der Waals surface area contributed by atoms with Crippen LogP contribution in [0.4, 0.5) is 4.39 Å². The van der Waals surface area contributed by atoms with E-state index >= 15 is 4.39 Å². The van der Waals surface area contributed by atoms with E-state index in [1.54, 1.807) is 17.0 Å². The van der Waals surface area contributed by atoms with E-state index in [4.69, 9.17) is 4.74 Å². The summed E-state index contributed by atoms with van der Waals surface area (Å²) >= 11 is 0. The summed E-state index contributed by atoms with van der Waals surface area (Å²) < 4.78 is 25.2. The van der Waals surface area contributed by atoms with Gasteiger partial charge in [0, 0.05) is 24.5 Å². The molecule has 0 atom stereocenters. The molecule has 0 saturated heterocycles. The summed E-state index contributed by atoms with van der Waals surface area (Å²) in [4.78, 5) is 21.9. The third kappa shape index (κ3) is 4.06. The number of hydrogen-bond acceptors (Lipinski definition) is 7. The SMILES string of the molecule is COc1ccc(-n2cnnn2)c(CNC(=O)c2cncn2Cc2cn3cc(C4CC4)ccc3n2)c1F. The molecule has 1 aliphatic carbocycles. The van der Waals surface area contributed by atoms with E-state index in [2.05, 4.69) is 43.1 Å². The topological polar surface area (TPSA) is 117 Å². The molecule has 1 aliphatic rings. The van der Waals surface area contributed by atoms with Gasteiger partial charge in [-0.3, -0.25) is 4.79 Å². The number of hydrogen-bond donors (Lipinski definition) is 1. The van der Waals surface area contributed by atoms with Gasteiger partial charge in [-0.05, 0) is 52.9 Å². The number of imidazole rings is 2. The number of carbonyl (C=O) groups is 1. The van der Waals surface area contributed by atoms with Crippen LogP contribution in [0.15, 0.2) is 55.5 Å². The van der Waals surface area contributed by atoms with Crippen LogP contribution in [0.2, 0.25) is 0 Å². The normalized spacial score (nSPS) is 13.3. The summed E-state index contributed by atoms with van der Waals surface area (Å²) in [5.74, 6) is -0.301. The molecular weight excluding hydrogens is 465 g/mol. The molecule has 4 aromatic heterocycles. The van der Waals surface area contributed by atoms with Gasteiger partial charge in [-0.25, -0.2) is 19.0 Å². The van der Waals surface area contributed by atoms with Crippen LogP contribution in [-0.2, 0) is 13.1 Å². The second-order valence-corrected chi connectivity index (χ2v) is 8.66. The van der Waals surface area contributed by atoms with E-state index in [0.29, 0.717) is 23.8 Å². The quantitative estimate of drug-likeness (QED) is 0.357. The monoisotopic (exact) mass is 487 g/mol. The number of pyridine rings is 1. The maximum Gasteiger partial charge on any atom is 0.269 e. The Morgan fingerprint density at radius 3 is 2.86 bits per heavy atom. The Kier molecular flexibility index (Phi) is 5.40. The highest BCUT2D eigenvalue weighted by atomic mass is 19.1. The third-order valence-corrected chi connectivity index (χ3v) is 6.27. The van der Waals surface area contributed by atoms with Crippen LogP contribution in [0.25, 0.3) is 11.3 Å². The molecule has 0 spiro atoms. The van der Waals surface area contributed by atoms with E-state index in [1.807, 2.05) is 16.7 Å². The van der Waals surface area contributed by atoms with Crippen molar-refractivity contribution in [1.29, 1.82) is 0 Å². The van der Waals surface area contributed by atoms with Crippen molar-refractivity contribution in [3.05, 3.63) is 83.8 Å². The number of nitrogens with zero attached hydrogens (tertiary/aromatic N) is 8. The Balaban J connectivity index is 1.21. The standard InChI is InChI=1S/C24H22FN9O2/c1-36-21-6-5-19(34-14-28-30-31-34)18(23(21)25)8-27-24(35)20-9-26-13-33(20)12-17-11-32-10-16(15-2-3-15)4-7-22(32)29-17/h4-7,9-11,13-15H,2-3,8,12H2,1H3,(H,27,35). The van der Waals surface area contributed by atoms with Gasteiger partial charge in [-0.15, -0.1) is 5.10 Å². The van der Waals surface area contributed by atoms with Crippen molar-refractivity contribution < 1.29 is 13.9 Å². The van der Waals surface area contributed by atoms with Crippen LogP contribution >= 0.6 is 0 Å². The molecule has 0 bridgehead atoms.